The van der Waals surface area contributed by atoms with E-state index in [1.54, 1.807) is 6.26 Å². The van der Waals surface area contributed by atoms with Gasteiger partial charge in [-0.25, -0.2) is 0 Å². The molecule has 0 radical (unpaired) electrons. The smallest absolute Gasteiger partial charge is 0.207 e. The van der Waals surface area contributed by atoms with E-state index in [2.05, 4.69) is 10.2 Å². The van der Waals surface area contributed by atoms with Gasteiger partial charge in [-0.3, -0.25) is 0 Å². The summed E-state index contributed by atoms with van der Waals surface area (Å²) < 4.78 is 5.73. The van der Waals surface area contributed by atoms with Crippen LogP contribution in [0.4, 0.5) is 0 Å². The summed E-state index contributed by atoms with van der Waals surface area (Å²) in [5.74, 6) is 0.924. The summed E-state index contributed by atoms with van der Waals surface area (Å²) >= 11 is 7.05. The Kier molecular flexibility index (Phi) is 2.33. The summed E-state index contributed by atoms with van der Waals surface area (Å²) in [6, 6.07) is 1.88. The van der Waals surface area contributed by atoms with E-state index in [0.717, 1.165) is 22.8 Å². The maximum Gasteiger partial charge on any atom is 0.207 e. The number of hydrogen-bond acceptors (Lipinski definition) is 4. The number of nitrogens with zero attached hydrogens (tertiary/aromatic N) is 2. The molecule has 2 heterocycles. The summed E-state index contributed by atoms with van der Waals surface area (Å²) in [5.41, 5.74) is 0.993. The van der Waals surface area contributed by atoms with Crippen LogP contribution in [0, 0.1) is 0 Å². The predicted molar refractivity (Wildman–Crippen MR) is 52.0 cm³/mol. The first-order valence-electron chi connectivity index (χ1n) is 3.87. The summed E-state index contributed by atoms with van der Waals surface area (Å²) in [7, 11) is 0. The number of rotatable bonds is 2. The summed E-state index contributed by atoms with van der Waals surface area (Å²) in [6.45, 7) is 2.03. The first-order chi connectivity index (χ1) is 6.31. The molecule has 0 aliphatic rings. The molecule has 2 aromatic rings. The van der Waals surface area contributed by atoms with Crippen LogP contribution in [0.25, 0.3) is 10.6 Å². The molecule has 2 aromatic heterocycles. The summed E-state index contributed by atoms with van der Waals surface area (Å²) in [4.78, 5) is 0. The Morgan fingerprint density at radius 2 is 2.38 bits per heavy atom. The monoisotopic (exact) mass is 214 g/mol. The minimum Gasteiger partial charge on any atom is -0.469 e. The maximum atomic E-state index is 5.69. The number of halogens is 1. The molecule has 0 amide bonds. The zero-order valence-corrected chi connectivity index (χ0v) is 8.52. The molecule has 2 rings (SSSR count). The van der Waals surface area contributed by atoms with Crippen LogP contribution in [0.1, 0.15) is 12.7 Å². The third kappa shape index (κ3) is 1.59. The third-order valence-electron chi connectivity index (χ3n) is 1.70. The van der Waals surface area contributed by atoms with Gasteiger partial charge in [0.1, 0.15) is 5.76 Å². The van der Waals surface area contributed by atoms with Gasteiger partial charge < -0.3 is 4.42 Å². The normalized spacial score (nSPS) is 10.6. The van der Waals surface area contributed by atoms with E-state index in [4.69, 9.17) is 16.0 Å². The van der Waals surface area contributed by atoms with Crippen LogP contribution in [0.2, 0.25) is 4.47 Å². The Morgan fingerprint density at radius 3 is 3.00 bits per heavy atom. The topological polar surface area (TPSA) is 38.9 Å². The van der Waals surface area contributed by atoms with Gasteiger partial charge >= 0.3 is 0 Å². The van der Waals surface area contributed by atoms with Gasteiger partial charge in [0.15, 0.2) is 5.01 Å². The number of furan rings is 1. The number of aryl methyl sites for hydroxylation is 1. The van der Waals surface area contributed by atoms with Crippen molar-refractivity contribution in [3.05, 3.63) is 22.6 Å². The van der Waals surface area contributed by atoms with Crippen molar-refractivity contribution >= 4 is 22.9 Å². The molecule has 3 nitrogen and oxygen atoms in total. The lowest BCUT2D eigenvalue weighted by Crippen LogP contribution is -1.80. The van der Waals surface area contributed by atoms with Crippen molar-refractivity contribution in [2.75, 3.05) is 0 Å². The van der Waals surface area contributed by atoms with Crippen molar-refractivity contribution in [2.45, 2.75) is 13.3 Å². The highest BCUT2D eigenvalue weighted by atomic mass is 35.5. The Hall–Kier alpha value is -0.870. The Labute approximate surface area is 84.4 Å². The van der Waals surface area contributed by atoms with E-state index in [1.807, 2.05) is 13.0 Å². The second kappa shape index (κ2) is 3.47. The molecular weight excluding hydrogens is 208 g/mol. The van der Waals surface area contributed by atoms with Crippen molar-refractivity contribution < 1.29 is 4.42 Å². The Morgan fingerprint density at radius 1 is 1.54 bits per heavy atom. The molecule has 0 aromatic carbocycles. The highest BCUT2D eigenvalue weighted by molar-refractivity contribution is 7.18. The zero-order valence-electron chi connectivity index (χ0n) is 6.95. The zero-order chi connectivity index (χ0) is 9.26. The first-order valence-corrected chi connectivity index (χ1v) is 5.06. The quantitative estimate of drug-likeness (QED) is 0.772. The molecule has 0 saturated carbocycles. The van der Waals surface area contributed by atoms with E-state index in [9.17, 15) is 0 Å². The first kappa shape index (κ1) is 8.72. The molecule has 0 saturated heterocycles. The Balaban J connectivity index is 2.45. The molecular formula is C8H7ClN2OS. The van der Waals surface area contributed by atoms with Crippen molar-refractivity contribution in [1.29, 1.82) is 0 Å². The average Bonchev–Trinajstić information content (AvgIpc) is 2.71. The fourth-order valence-corrected chi connectivity index (χ4v) is 1.99. The molecule has 68 valence electrons. The lowest BCUT2D eigenvalue weighted by atomic mass is 10.2. The van der Waals surface area contributed by atoms with Gasteiger partial charge in [-0.1, -0.05) is 18.3 Å². The predicted octanol–water partition coefficient (Wildman–Crippen LogP) is 3.01. The van der Waals surface area contributed by atoms with E-state index >= 15 is 0 Å². The summed E-state index contributed by atoms with van der Waals surface area (Å²) in [6.07, 6.45) is 2.50. The van der Waals surface area contributed by atoms with Crippen molar-refractivity contribution in [3.63, 3.8) is 0 Å². The van der Waals surface area contributed by atoms with Crippen LogP contribution in [0.5, 0.6) is 0 Å². The molecule has 0 N–H and O–H groups in total. The van der Waals surface area contributed by atoms with Gasteiger partial charge in [-0.2, -0.15) is 0 Å². The van der Waals surface area contributed by atoms with E-state index in [-0.39, 0.29) is 0 Å². The molecule has 0 unspecified atom stereocenters. The van der Waals surface area contributed by atoms with Crippen LogP contribution >= 0.6 is 22.9 Å². The lowest BCUT2D eigenvalue weighted by molar-refractivity contribution is 0.517. The van der Waals surface area contributed by atoms with E-state index in [0.29, 0.717) is 4.47 Å². The molecule has 0 atom stereocenters. The minimum absolute atomic E-state index is 0.457. The highest BCUT2D eigenvalue weighted by Crippen LogP contribution is 2.29. The van der Waals surface area contributed by atoms with Gasteiger partial charge in [0, 0.05) is 6.42 Å². The van der Waals surface area contributed by atoms with Crippen LogP contribution in [-0.2, 0) is 6.42 Å². The van der Waals surface area contributed by atoms with Crippen molar-refractivity contribution in [2.24, 2.45) is 0 Å². The van der Waals surface area contributed by atoms with Gasteiger partial charge in [0.2, 0.25) is 4.47 Å². The van der Waals surface area contributed by atoms with Crippen molar-refractivity contribution in [1.82, 2.24) is 10.2 Å². The van der Waals surface area contributed by atoms with E-state index < -0.39 is 0 Å². The van der Waals surface area contributed by atoms with Crippen LogP contribution in [0.15, 0.2) is 16.7 Å². The SMILES string of the molecule is CCc1occc1-c1nnc(Cl)s1. The molecule has 0 spiro atoms. The van der Waals surface area contributed by atoms with Crippen LogP contribution in [0.3, 0.4) is 0 Å². The molecule has 13 heavy (non-hydrogen) atoms. The van der Waals surface area contributed by atoms with Crippen molar-refractivity contribution in [3.8, 4) is 10.6 Å². The average molecular weight is 215 g/mol. The Bertz CT molecular complexity index is 410. The van der Waals surface area contributed by atoms with Crippen LogP contribution in [-0.4, -0.2) is 10.2 Å². The molecule has 0 fully saturated rings. The minimum atomic E-state index is 0.457. The molecule has 5 heteroatoms. The fraction of sp³-hybridized carbons (Fsp3) is 0.250. The third-order valence-corrected chi connectivity index (χ3v) is 2.75. The standard InChI is InChI=1S/C8H7ClN2OS/c1-2-6-5(3-4-12-6)7-10-11-8(9)13-7/h3-4H,2H2,1H3. The largest absolute Gasteiger partial charge is 0.469 e. The fourth-order valence-electron chi connectivity index (χ4n) is 1.12. The maximum absolute atomic E-state index is 5.69. The number of aromatic nitrogens is 2. The summed E-state index contributed by atoms with van der Waals surface area (Å²) in [5, 5.41) is 8.50. The number of hydrogen-bond donors (Lipinski definition) is 0. The second-order valence-corrected chi connectivity index (χ2v) is 4.03. The van der Waals surface area contributed by atoms with E-state index in [1.165, 1.54) is 11.3 Å². The molecule has 0 bridgehead atoms. The molecule has 0 aliphatic heterocycles. The van der Waals surface area contributed by atoms with Gasteiger partial charge in [-0.05, 0) is 17.7 Å². The molecule has 0 aliphatic carbocycles. The van der Waals surface area contributed by atoms with Crippen LogP contribution < -0.4 is 0 Å². The lowest BCUT2D eigenvalue weighted by Gasteiger charge is -1.92. The highest BCUT2D eigenvalue weighted by Gasteiger charge is 2.11. The van der Waals surface area contributed by atoms with Gasteiger partial charge in [0.05, 0.1) is 11.8 Å². The van der Waals surface area contributed by atoms with Gasteiger partial charge in [0.25, 0.3) is 0 Å². The second-order valence-electron chi connectivity index (χ2n) is 2.47. The van der Waals surface area contributed by atoms with Gasteiger partial charge in [-0.15, -0.1) is 10.2 Å².